The van der Waals surface area contributed by atoms with Crippen molar-refractivity contribution in [2.24, 2.45) is 15.1 Å². The van der Waals surface area contributed by atoms with Gasteiger partial charge in [-0.05, 0) is 31.2 Å². The molecular formula is C19H15Cl2N3O3. The van der Waals surface area contributed by atoms with Crippen LogP contribution in [-0.2, 0) is 9.53 Å². The van der Waals surface area contributed by atoms with Crippen LogP contribution in [0, 0.1) is 0 Å². The van der Waals surface area contributed by atoms with Gasteiger partial charge in [0.15, 0.2) is 0 Å². The van der Waals surface area contributed by atoms with E-state index in [4.69, 9.17) is 27.9 Å². The van der Waals surface area contributed by atoms with E-state index in [0.717, 1.165) is 0 Å². The molecule has 0 radical (unpaired) electrons. The van der Waals surface area contributed by atoms with Crippen molar-refractivity contribution in [2.75, 3.05) is 13.2 Å². The molecule has 138 valence electrons. The van der Waals surface area contributed by atoms with Gasteiger partial charge in [0.05, 0.1) is 30.3 Å². The molecule has 0 aliphatic carbocycles. The largest absolute Gasteiger partial charge is 0.461 e. The number of aliphatic imine (C=N–C) groups is 2. The second-order valence-corrected chi connectivity index (χ2v) is 6.38. The summed E-state index contributed by atoms with van der Waals surface area (Å²) in [5, 5.41) is 13.4. The molecule has 27 heavy (non-hydrogen) atoms. The van der Waals surface area contributed by atoms with Gasteiger partial charge in [-0.3, -0.25) is 4.99 Å². The van der Waals surface area contributed by atoms with Crippen molar-refractivity contribution in [2.45, 2.75) is 6.92 Å². The molecular weight excluding hydrogens is 389 g/mol. The van der Waals surface area contributed by atoms with Crippen molar-refractivity contribution in [3.8, 4) is 0 Å². The number of hydrogen-bond donors (Lipinski definition) is 1. The van der Waals surface area contributed by atoms with Crippen LogP contribution in [0.3, 0.4) is 0 Å². The average Bonchev–Trinajstić information content (AvgIpc) is 2.83. The molecule has 1 aliphatic heterocycles. The van der Waals surface area contributed by atoms with Gasteiger partial charge in [-0.25, -0.2) is 9.79 Å². The number of halogens is 2. The van der Waals surface area contributed by atoms with Crippen molar-refractivity contribution in [3.05, 3.63) is 63.6 Å². The fraction of sp³-hybridized carbons (Fsp3) is 0.158. The molecule has 0 unspecified atom stereocenters. The van der Waals surface area contributed by atoms with E-state index < -0.39 is 5.97 Å². The van der Waals surface area contributed by atoms with Gasteiger partial charge in [0.25, 0.3) is 0 Å². The number of nitrogens with zero attached hydrogens (tertiary/aromatic N) is 3. The van der Waals surface area contributed by atoms with Crippen LogP contribution in [0.2, 0.25) is 10.0 Å². The smallest absolute Gasteiger partial charge is 0.362 e. The molecule has 0 fully saturated rings. The highest BCUT2D eigenvalue weighted by Gasteiger charge is 2.25. The lowest BCUT2D eigenvalue weighted by atomic mass is 10.0. The second kappa shape index (κ2) is 8.33. The number of hydrogen-bond acceptors (Lipinski definition) is 6. The van der Waals surface area contributed by atoms with E-state index in [1.165, 1.54) is 0 Å². The van der Waals surface area contributed by atoms with E-state index in [-0.39, 0.29) is 24.6 Å². The Hall–Kier alpha value is -2.70. The minimum atomic E-state index is -0.773. The molecule has 0 amide bonds. The van der Waals surface area contributed by atoms with E-state index >= 15 is 0 Å². The van der Waals surface area contributed by atoms with Crippen molar-refractivity contribution in [3.63, 3.8) is 0 Å². The molecule has 0 spiro atoms. The minimum absolute atomic E-state index is 0.00502. The maximum Gasteiger partial charge on any atom is 0.362 e. The molecule has 1 heterocycles. The molecule has 0 bridgehead atoms. The SMILES string of the molecule is CCOC(=O)/C(=N\O)C1=Nc2ccc(Cl)cc2C(c2ccccc2Cl)=NC1. The van der Waals surface area contributed by atoms with Crippen LogP contribution >= 0.6 is 23.2 Å². The molecule has 2 aromatic rings. The van der Waals surface area contributed by atoms with Crippen LogP contribution in [0.15, 0.2) is 57.6 Å². The molecule has 1 N–H and O–H groups in total. The normalized spacial score (nSPS) is 14.0. The predicted octanol–water partition coefficient (Wildman–Crippen LogP) is 4.31. The highest BCUT2D eigenvalue weighted by atomic mass is 35.5. The van der Waals surface area contributed by atoms with E-state index in [2.05, 4.69) is 15.1 Å². The number of ether oxygens (including phenoxy) is 1. The van der Waals surface area contributed by atoms with Crippen LogP contribution in [0.25, 0.3) is 0 Å². The number of benzene rings is 2. The van der Waals surface area contributed by atoms with Crippen molar-refractivity contribution in [1.29, 1.82) is 0 Å². The lowest BCUT2D eigenvalue weighted by Crippen LogP contribution is -2.28. The van der Waals surface area contributed by atoms with Gasteiger partial charge in [-0.1, -0.05) is 46.6 Å². The zero-order valence-corrected chi connectivity index (χ0v) is 15.8. The monoisotopic (exact) mass is 403 g/mol. The lowest BCUT2D eigenvalue weighted by Gasteiger charge is -2.10. The molecule has 2 aromatic carbocycles. The van der Waals surface area contributed by atoms with E-state index in [1.807, 2.05) is 18.2 Å². The number of carbonyl (C=O) groups excluding carboxylic acids is 1. The molecule has 0 saturated carbocycles. The molecule has 8 heteroatoms. The number of oxime groups is 1. The summed E-state index contributed by atoms with van der Waals surface area (Å²) in [4.78, 5) is 21.1. The van der Waals surface area contributed by atoms with Crippen LogP contribution in [0.4, 0.5) is 5.69 Å². The number of rotatable bonds is 4. The number of carbonyl (C=O) groups is 1. The van der Waals surface area contributed by atoms with Crippen molar-refractivity contribution >= 4 is 52.0 Å². The van der Waals surface area contributed by atoms with Crippen LogP contribution in [0.5, 0.6) is 0 Å². The molecule has 6 nitrogen and oxygen atoms in total. The Kier molecular flexibility index (Phi) is 5.88. The van der Waals surface area contributed by atoms with E-state index in [0.29, 0.717) is 32.6 Å². The maximum absolute atomic E-state index is 12.1. The van der Waals surface area contributed by atoms with E-state index in [1.54, 1.807) is 31.2 Å². The van der Waals surface area contributed by atoms with Gasteiger partial charge in [0.2, 0.25) is 5.71 Å². The third kappa shape index (κ3) is 4.02. The summed E-state index contributed by atoms with van der Waals surface area (Å²) >= 11 is 12.5. The first-order valence-corrected chi connectivity index (χ1v) is 8.87. The third-order valence-corrected chi connectivity index (χ3v) is 4.39. The van der Waals surface area contributed by atoms with Gasteiger partial charge in [-0.15, -0.1) is 0 Å². The van der Waals surface area contributed by atoms with Crippen molar-refractivity contribution < 1.29 is 14.7 Å². The molecule has 0 atom stereocenters. The standard InChI is InChI=1S/C19H15Cl2N3O3/c1-2-27-19(25)18(24-26)16-10-22-17(12-5-3-4-6-14(12)21)13-9-11(20)7-8-15(13)23-16/h3-9,26H,2,10H2,1H3/b24-18-. The topological polar surface area (TPSA) is 83.6 Å². The quantitative estimate of drug-likeness (QED) is 0.357. The number of esters is 1. The lowest BCUT2D eigenvalue weighted by molar-refractivity contribution is -0.134. The Morgan fingerprint density at radius 1 is 1.22 bits per heavy atom. The zero-order valence-electron chi connectivity index (χ0n) is 14.3. The molecule has 3 rings (SSSR count). The summed E-state index contributed by atoms with van der Waals surface area (Å²) in [7, 11) is 0. The molecule has 0 saturated heterocycles. The fourth-order valence-electron chi connectivity index (χ4n) is 2.64. The average molecular weight is 404 g/mol. The second-order valence-electron chi connectivity index (χ2n) is 5.53. The predicted molar refractivity (Wildman–Crippen MR) is 106 cm³/mol. The van der Waals surface area contributed by atoms with Gasteiger partial charge in [-0.2, -0.15) is 0 Å². The van der Waals surface area contributed by atoms with Gasteiger partial charge in [0, 0.05) is 21.2 Å². The highest BCUT2D eigenvalue weighted by Crippen LogP contribution is 2.30. The Morgan fingerprint density at radius 3 is 2.70 bits per heavy atom. The third-order valence-electron chi connectivity index (χ3n) is 3.83. The van der Waals surface area contributed by atoms with Crippen LogP contribution < -0.4 is 0 Å². The van der Waals surface area contributed by atoms with Crippen LogP contribution in [0.1, 0.15) is 18.1 Å². The van der Waals surface area contributed by atoms with Gasteiger partial charge >= 0.3 is 5.97 Å². The highest BCUT2D eigenvalue weighted by molar-refractivity contribution is 6.66. The first-order chi connectivity index (χ1) is 13.0. The summed E-state index contributed by atoms with van der Waals surface area (Å²) in [5.74, 6) is -0.773. The maximum atomic E-state index is 12.1. The van der Waals surface area contributed by atoms with E-state index in [9.17, 15) is 10.0 Å². The summed E-state index contributed by atoms with van der Waals surface area (Å²) in [6.45, 7) is 1.81. The Morgan fingerprint density at radius 2 is 2.00 bits per heavy atom. The minimum Gasteiger partial charge on any atom is -0.461 e. The first-order valence-electron chi connectivity index (χ1n) is 8.11. The summed E-state index contributed by atoms with van der Waals surface area (Å²) in [5.41, 5.74) is 2.36. The summed E-state index contributed by atoms with van der Waals surface area (Å²) < 4.78 is 4.93. The first kappa shape index (κ1) is 19.1. The Balaban J connectivity index is 2.16. The molecule has 1 aliphatic rings. The fourth-order valence-corrected chi connectivity index (χ4v) is 3.04. The Bertz CT molecular complexity index is 984. The van der Waals surface area contributed by atoms with Gasteiger partial charge in [0.1, 0.15) is 0 Å². The Labute approximate surface area is 165 Å². The van der Waals surface area contributed by atoms with Crippen molar-refractivity contribution in [1.82, 2.24) is 0 Å². The van der Waals surface area contributed by atoms with Gasteiger partial charge < -0.3 is 9.94 Å². The molecule has 0 aromatic heterocycles. The summed E-state index contributed by atoms with van der Waals surface area (Å²) in [6, 6.07) is 12.4. The summed E-state index contributed by atoms with van der Waals surface area (Å²) in [6.07, 6.45) is 0. The zero-order chi connectivity index (χ0) is 19.4. The van der Waals surface area contributed by atoms with Crippen LogP contribution in [-0.4, -0.2) is 41.5 Å². The number of fused-ring (bicyclic) bond motifs is 1.